The molecule has 3 N–H and O–H groups in total. The standard InChI is InChI=1S/C19H26N2O4/c1-14(2)9-10-19(3,4)21-18(24)25-13-15-5-7-16(8-6-15)17(23)20-11-12-22/h5-10,22H,1,11-13H2,2-4H3,(H,20,23)(H,21,24)/b10-9-. The van der Waals surface area contributed by atoms with E-state index >= 15 is 0 Å². The Morgan fingerprint density at radius 2 is 1.92 bits per heavy atom. The molecule has 6 heteroatoms. The van der Waals surface area contributed by atoms with Crippen LogP contribution in [0.25, 0.3) is 0 Å². The molecule has 1 aromatic rings. The minimum atomic E-state index is -0.551. The minimum absolute atomic E-state index is 0.102. The van der Waals surface area contributed by atoms with Crippen LogP contribution in [0.4, 0.5) is 4.79 Å². The minimum Gasteiger partial charge on any atom is -0.445 e. The zero-order chi connectivity index (χ0) is 18.9. The van der Waals surface area contributed by atoms with Gasteiger partial charge in [0.25, 0.3) is 5.91 Å². The summed E-state index contributed by atoms with van der Waals surface area (Å²) >= 11 is 0. The van der Waals surface area contributed by atoms with E-state index in [1.165, 1.54) is 0 Å². The third-order valence-corrected chi connectivity index (χ3v) is 3.19. The molecular weight excluding hydrogens is 320 g/mol. The second kappa shape index (κ2) is 9.64. The van der Waals surface area contributed by atoms with E-state index in [9.17, 15) is 9.59 Å². The topological polar surface area (TPSA) is 87.7 Å². The summed E-state index contributed by atoms with van der Waals surface area (Å²) in [4.78, 5) is 23.6. The normalized spacial score (nSPS) is 11.2. The van der Waals surface area contributed by atoms with Crippen molar-refractivity contribution < 1.29 is 19.4 Å². The maximum atomic E-state index is 11.9. The van der Waals surface area contributed by atoms with Gasteiger partial charge < -0.3 is 20.5 Å². The van der Waals surface area contributed by atoms with Crippen LogP contribution in [-0.4, -0.2) is 35.8 Å². The molecule has 0 bridgehead atoms. The molecule has 1 rings (SSSR count). The molecular formula is C19H26N2O4. The van der Waals surface area contributed by atoms with Crippen molar-refractivity contribution in [2.45, 2.75) is 32.9 Å². The van der Waals surface area contributed by atoms with E-state index in [1.807, 2.05) is 32.9 Å². The van der Waals surface area contributed by atoms with Crippen LogP contribution >= 0.6 is 0 Å². The molecule has 0 aliphatic carbocycles. The summed E-state index contributed by atoms with van der Waals surface area (Å²) in [6.45, 7) is 9.56. The highest BCUT2D eigenvalue weighted by Crippen LogP contribution is 2.09. The summed E-state index contributed by atoms with van der Waals surface area (Å²) in [5, 5.41) is 14.0. The Kier molecular flexibility index (Phi) is 7.88. The summed E-state index contributed by atoms with van der Waals surface area (Å²) in [6, 6.07) is 6.71. The molecule has 6 nitrogen and oxygen atoms in total. The molecule has 0 fully saturated rings. The van der Waals surface area contributed by atoms with Gasteiger partial charge in [-0.15, -0.1) is 0 Å². The number of rotatable bonds is 8. The third-order valence-electron chi connectivity index (χ3n) is 3.19. The molecule has 2 amide bonds. The first-order valence-electron chi connectivity index (χ1n) is 8.01. The molecule has 0 unspecified atom stereocenters. The first kappa shape index (κ1) is 20.4. The number of nitrogens with one attached hydrogen (secondary N) is 2. The molecule has 1 aromatic carbocycles. The van der Waals surface area contributed by atoms with Crippen molar-refractivity contribution in [1.82, 2.24) is 10.6 Å². The lowest BCUT2D eigenvalue weighted by Gasteiger charge is -2.22. The van der Waals surface area contributed by atoms with Crippen LogP contribution in [0.2, 0.25) is 0 Å². The summed E-state index contributed by atoms with van der Waals surface area (Å²) in [5.41, 5.74) is 1.59. The number of hydrogen-bond donors (Lipinski definition) is 3. The van der Waals surface area contributed by atoms with Gasteiger partial charge in [-0.1, -0.05) is 36.4 Å². The molecule has 0 radical (unpaired) electrons. The molecule has 0 aromatic heterocycles. The molecule has 136 valence electrons. The average Bonchev–Trinajstić information content (AvgIpc) is 2.56. The Balaban J connectivity index is 2.51. The number of hydrogen-bond acceptors (Lipinski definition) is 4. The lowest BCUT2D eigenvalue weighted by atomic mass is 10.0. The fourth-order valence-electron chi connectivity index (χ4n) is 1.86. The van der Waals surface area contributed by atoms with Gasteiger partial charge in [0.05, 0.1) is 12.1 Å². The fraction of sp³-hybridized carbons (Fsp3) is 0.368. The van der Waals surface area contributed by atoms with Crippen LogP contribution in [0.5, 0.6) is 0 Å². The number of carbonyl (C=O) groups excluding carboxylic acids is 2. The number of ether oxygens (including phenoxy) is 1. The Morgan fingerprint density at radius 3 is 2.48 bits per heavy atom. The summed E-state index contributed by atoms with van der Waals surface area (Å²) in [6.07, 6.45) is 3.15. The van der Waals surface area contributed by atoms with Gasteiger partial charge in [0, 0.05) is 12.1 Å². The van der Waals surface area contributed by atoms with Gasteiger partial charge in [-0.2, -0.15) is 0 Å². The highest BCUT2D eigenvalue weighted by atomic mass is 16.5. The summed E-state index contributed by atoms with van der Waals surface area (Å²) in [5.74, 6) is -0.259. The number of aliphatic hydroxyl groups is 1. The molecule has 0 saturated heterocycles. The highest BCUT2D eigenvalue weighted by Gasteiger charge is 2.17. The maximum Gasteiger partial charge on any atom is 0.408 e. The van der Waals surface area contributed by atoms with E-state index in [2.05, 4.69) is 17.2 Å². The number of aliphatic hydroxyl groups excluding tert-OH is 1. The summed E-state index contributed by atoms with van der Waals surface area (Å²) in [7, 11) is 0. The average molecular weight is 346 g/mol. The van der Waals surface area contributed by atoms with Crippen molar-refractivity contribution in [2.75, 3.05) is 13.2 Å². The van der Waals surface area contributed by atoms with E-state index in [1.54, 1.807) is 24.3 Å². The Morgan fingerprint density at radius 1 is 1.28 bits per heavy atom. The second-order valence-electron chi connectivity index (χ2n) is 6.28. The quantitative estimate of drug-likeness (QED) is 0.631. The lowest BCUT2D eigenvalue weighted by Crippen LogP contribution is -2.42. The third kappa shape index (κ3) is 8.17. The maximum absolute atomic E-state index is 11.9. The monoisotopic (exact) mass is 346 g/mol. The van der Waals surface area contributed by atoms with E-state index in [4.69, 9.17) is 9.84 Å². The number of allylic oxidation sites excluding steroid dienone is 2. The van der Waals surface area contributed by atoms with Crippen molar-refractivity contribution in [3.63, 3.8) is 0 Å². The number of amides is 2. The van der Waals surface area contributed by atoms with Crippen LogP contribution in [0.15, 0.2) is 48.6 Å². The van der Waals surface area contributed by atoms with Crippen molar-refractivity contribution in [3.05, 3.63) is 59.7 Å². The van der Waals surface area contributed by atoms with Crippen molar-refractivity contribution in [3.8, 4) is 0 Å². The Labute approximate surface area is 148 Å². The van der Waals surface area contributed by atoms with Gasteiger partial charge in [0.1, 0.15) is 6.61 Å². The van der Waals surface area contributed by atoms with Gasteiger partial charge in [-0.25, -0.2) is 4.79 Å². The van der Waals surface area contributed by atoms with Gasteiger partial charge >= 0.3 is 6.09 Å². The Bertz CT molecular complexity index is 633. The molecule has 0 atom stereocenters. The predicted octanol–water partition coefficient (Wildman–Crippen LogP) is 2.55. The second-order valence-corrected chi connectivity index (χ2v) is 6.28. The summed E-state index contributed by atoms with van der Waals surface area (Å²) < 4.78 is 5.20. The smallest absolute Gasteiger partial charge is 0.408 e. The largest absolute Gasteiger partial charge is 0.445 e. The van der Waals surface area contributed by atoms with Gasteiger partial charge in [-0.05, 0) is 38.5 Å². The van der Waals surface area contributed by atoms with Gasteiger partial charge in [-0.3, -0.25) is 4.79 Å². The molecule has 0 spiro atoms. The van der Waals surface area contributed by atoms with Crippen LogP contribution in [0.1, 0.15) is 36.7 Å². The van der Waals surface area contributed by atoms with E-state index in [0.29, 0.717) is 5.56 Å². The lowest BCUT2D eigenvalue weighted by molar-refractivity contribution is 0.0944. The van der Waals surface area contributed by atoms with Crippen molar-refractivity contribution >= 4 is 12.0 Å². The number of benzene rings is 1. The molecule has 0 aliphatic rings. The van der Waals surface area contributed by atoms with Crippen LogP contribution in [0, 0.1) is 0 Å². The Hall–Kier alpha value is -2.60. The van der Waals surface area contributed by atoms with E-state index in [-0.39, 0.29) is 25.7 Å². The molecule has 25 heavy (non-hydrogen) atoms. The fourth-order valence-corrected chi connectivity index (χ4v) is 1.86. The van der Waals surface area contributed by atoms with Crippen LogP contribution in [-0.2, 0) is 11.3 Å². The number of carbonyl (C=O) groups is 2. The van der Waals surface area contributed by atoms with Crippen LogP contribution in [0.3, 0.4) is 0 Å². The molecule has 0 saturated carbocycles. The highest BCUT2D eigenvalue weighted by molar-refractivity contribution is 5.94. The van der Waals surface area contributed by atoms with Crippen LogP contribution < -0.4 is 10.6 Å². The first-order valence-corrected chi connectivity index (χ1v) is 8.01. The zero-order valence-electron chi connectivity index (χ0n) is 15.0. The molecule has 0 aliphatic heterocycles. The van der Waals surface area contributed by atoms with E-state index < -0.39 is 11.6 Å². The predicted molar refractivity (Wildman–Crippen MR) is 97.2 cm³/mol. The number of alkyl carbamates (subject to hydrolysis) is 1. The van der Waals surface area contributed by atoms with E-state index in [0.717, 1.165) is 11.1 Å². The zero-order valence-corrected chi connectivity index (χ0v) is 15.0. The van der Waals surface area contributed by atoms with Crippen molar-refractivity contribution in [1.29, 1.82) is 0 Å². The van der Waals surface area contributed by atoms with Gasteiger partial charge in [0.2, 0.25) is 0 Å². The van der Waals surface area contributed by atoms with Gasteiger partial charge in [0.15, 0.2) is 0 Å². The van der Waals surface area contributed by atoms with Crippen molar-refractivity contribution in [2.24, 2.45) is 0 Å². The SMILES string of the molecule is C=C(C)/C=C\C(C)(C)NC(=O)OCc1ccc(C(=O)NCCO)cc1. The molecule has 0 heterocycles. The first-order chi connectivity index (χ1) is 11.7.